The van der Waals surface area contributed by atoms with Gasteiger partial charge in [0.15, 0.2) is 0 Å². The number of carbonyl (C=O) groups is 3. The first kappa shape index (κ1) is 20.0. The van der Waals surface area contributed by atoms with E-state index in [-0.39, 0.29) is 11.3 Å². The second-order valence-corrected chi connectivity index (χ2v) is 6.65. The van der Waals surface area contributed by atoms with Gasteiger partial charge in [-0.15, -0.1) is 0 Å². The van der Waals surface area contributed by atoms with Crippen molar-refractivity contribution < 1.29 is 24.2 Å². The first-order chi connectivity index (χ1) is 13.8. The molecule has 1 saturated heterocycles. The highest BCUT2D eigenvalue weighted by molar-refractivity contribution is 6.65. The van der Waals surface area contributed by atoms with E-state index in [1.54, 1.807) is 36.4 Å². The van der Waals surface area contributed by atoms with Gasteiger partial charge in [-0.25, -0.2) is 9.89 Å². The maximum Gasteiger partial charge on any atom is 0.313 e. The Balaban J connectivity index is 2.13. The van der Waals surface area contributed by atoms with Gasteiger partial charge in [-0.05, 0) is 38.1 Å². The van der Waals surface area contributed by atoms with Crippen LogP contribution in [0, 0.1) is 13.8 Å². The zero-order valence-corrected chi connectivity index (χ0v) is 16.3. The number of nitrogens with zero attached hydrogens (tertiary/aromatic N) is 2. The molecular weight excluding hydrogens is 372 g/mol. The third kappa shape index (κ3) is 4.08. The summed E-state index contributed by atoms with van der Waals surface area (Å²) < 4.78 is 4.55. The second-order valence-electron chi connectivity index (χ2n) is 6.65. The number of hydrogen-bond donors (Lipinski definition) is 1. The normalized spacial score (nSPS) is 17.1. The van der Waals surface area contributed by atoms with Gasteiger partial charge in [0.05, 0.1) is 18.5 Å². The largest absolute Gasteiger partial charge is 0.511 e. The topological polar surface area (TPSA) is 96.3 Å². The summed E-state index contributed by atoms with van der Waals surface area (Å²) in [5.41, 5.74) is 2.24. The van der Waals surface area contributed by atoms with Gasteiger partial charge < -0.3 is 9.84 Å². The van der Waals surface area contributed by atoms with Crippen molar-refractivity contribution in [2.45, 2.75) is 20.3 Å². The van der Waals surface area contributed by atoms with E-state index in [2.05, 4.69) is 9.73 Å². The van der Waals surface area contributed by atoms with Gasteiger partial charge in [0.1, 0.15) is 23.5 Å². The van der Waals surface area contributed by atoms with Crippen molar-refractivity contribution in [3.05, 3.63) is 71.0 Å². The minimum atomic E-state index is -0.744. The third-order valence-electron chi connectivity index (χ3n) is 4.45. The maximum atomic E-state index is 13.1. The van der Waals surface area contributed by atoms with Crippen LogP contribution in [0.4, 0.5) is 11.4 Å². The van der Waals surface area contributed by atoms with Crippen LogP contribution >= 0.6 is 0 Å². The summed E-state index contributed by atoms with van der Waals surface area (Å²) in [6.45, 7) is 3.79. The summed E-state index contributed by atoms with van der Waals surface area (Å²) in [6.07, 6.45) is -0.542. The molecule has 1 aliphatic rings. The number of aliphatic hydroxyl groups is 1. The lowest BCUT2D eigenvalue weighted by Gasteiger charge is -2.13. The Morgan fingerprint density at radius 3 is 2.07 bits per heavy atom. The van der Waals surface area contributed by atoms with E-state index in [0.29, 0.717) is 11.4 Å². The van der Waals surface area contributed by atoms with Crippen molar-refractivity contribution in [1.29, 1.82) is 0 Å². The van der Waals surface area contributed by atoms with Gasteiger partial charge in [0.2, 0.25) is 0 Å². The Morgan fingerprint density at radius 2 is 1.52 bits per heavy atom. The Labute approximate surface area is 167 Å². The van der Waals surface area contributed by atoms with Gasteiger partial charge in [-0.2, -0.15) is 0 Å². The fourth-order valence-electron chi connectivity index (χ4n) is 2.86. The fourth-order valence-corrected chi connectivity index (χ4v) is 2.86. The fraction of sp³-hybridized carbons (Fsp3) is 0.182. The van der Waals surface area contributed by atoms with Crippen molar-refractivity contribution in [3.8, 4) is 0 Å². The number of hydrogen-bond acceptors (Lipinski definition) is 6. The monoisotopic (exact) mass is 392 g/mol. The first-order valence-corrected chi connectivity index (χ1v) is 8.92. The van der Waals surface area contributed by atoms with Crippen LogP contribution in [0.15, 0.2) is 64.9 Å². The smallest absolute Gasteiger partial charge is 0.313 e. The predicted molar refractivity (Wildman–Crippen MR) is 108 cm³/mol. The van der Waals surface area contributed by atoms with E-state index in [9.17, 15) is 19.5 Å². The molecule has 1 N–H and O–H groups in total. The van der Waals surface area contributed by atoms with Gasteiger partial charge in [-0.3, -0.25) is 14.4 Å². The quantitative estimate of drug-likeness (QED) is 0.373. The first-order valence-electron chi connectivity index (χ1n) is 8.92. The van der Waals surface area contributed by atoms with Crippen LogP contribution in [0.5, 0.6) is 0 Å². The average Bonchev–Trinajstić information content (AvgIpc) is 2.94. The molecule has 7 nitrogen and oxygen atoms in total. The van der Waals surface area contributed by atoms with Crippen molar-refractivity contribution in [2.75, 3.05) is 12.0 Å². The minimum Gasteiger partial charge on any atom is -0.511 e. The van der Waals surface area contributed by atoms with Crippen LogP contribution < -0.4 is 4.90 Å². The van der Waals surface area contributed by atoms with Crippen molar-refractivity contribution in [2.24, 2.45) is 4.99 Å². The molecule has 0 aromatic heterocycles. The number of benzene rings is 2. The van der Waals surface area contributed by atoms with Gasteiger partial charge in [-0.1, -0.05) is 35.4 Å². The van der Waals surface area contributed by atoms with Crippen molar-refractivity contribution in [1.82, 2.24) is 0 Å². The van der Waals surface area contributed by atoms with E-state index in [0.717, 1.165) is 16.0 Å². The van der Waals surface area contributed by atoms with Crippen LogP contribution in [0.1, 0.15) is 17.5 Å². The molecule has 0 radical (unpaired) electrons. The molecular formula is C22H20N2O5. The Morgan fingerprint density at radius 1 is 0.966 bits per heavy atom. The molecule has 2 amide bonds. The summed E-state index contributed by atoms with van der Waals surface area (Å²) in [5, 5.41) is 10.4. The molecule has 3 rings (SSSR count). The van der Waals surface area contributed by atoms with Crippen molar-refractivity contribution in [3.63, 3.8) is 0 Å². The Bertz CT molecular complexity index is 1030. The molecule has 148 valence electrons. The number of amides is 2. The average molecular weight is 392 g/mol. The molecule has 2 aromatic rings. The van der Waals surface area contributed by atoms with Gasteiger partial charge in [0, 0.05) is 0 Å². The lowest BCUT2D eigenvalue weighted by molar-refractivity contribution is -0.140. The summed E-state index contributed by atoms with van der Waals surface area (Å²) >= 11 is 0. The number of aryl methyl sites for hydroxylation is 2. The summed E-state index contributed by atoms with van der Waals surface area (Å²) in [4.78, 5) is 42.9. The zero-order chi connectivity index (χ0) is 21.1. The van der Waals surface area contributed by atoms with Crippen LogP contribution in [0.3, 0.4) is 0 Å². The number of carbonyl (C=O) groups excluding carboxylic acids is 3. The maximum absolute atomic E-state index is 13.1. The summed E-state index contributed by atoms with van der Waals surface area (Å²) in [7, 11) is 1.17. The highest BCUT2D eigenvalue weighted by Crippen LogP contribution is 2.29. The minimum absolute atomic E-state index is 0.221. The predicted octanol–water partition coefficient (Wildman–Crippen LogP) is 3.32. The number of methoxy groups -OCH3 is 1. The molecule has 0 aliphatic carbocycles. The van der Waals surface area contributed by atoms with Crippen LogP contribution in [-0.4, -0.2) is 35.7 Å². The second kappa shape index (κ2) is 8.10. The van der Waals surface area contributed by atoms with E-state index in [4.69, 9.17) is 0 Å². The molecule has 7 heteroatoms. The van der Waals surface area contributed by atoms with Gasteiger partial charge >= 0.3 is 5.97 Å². The molecule has 0 saturated carbocycles. The molecule has 1 aliphatic heterocycles. The molecule has 0 bridgehead atoms. The third-order valence-corrected chi connectivity index (χ3v) is 4.45. The van der Waals surface area contributed by atoms with Crippen LogP contribution in [-0.2, 0) is 19.1 Å². The highest BCUT2D eigenvalue weighted by Gasteiger charge is 2.44. The summed E-state index contributed by atoms with van der Waals surface area (Å²) in [5.74, 6) is -2.72. The lowest BCUT2D eigenvalue weighted by atomic mass is 10.1. The molecule has 29 heavy (non-hydrogen) atoms. The number of aliphatic hydroxyl groups excluding tert-OH is 1. The van der Waals surface area contributed by atoms with E-state index < -0.39 is 30.0 Å². The van der Waals surface area contributed by atoms with Crippen molar-refractivity contribution >= 4 is 34.9 Å². The Hall–Kier alpha value is -3.74. The van der Waals surface area contributed by atoms with Crippen LogP contribution in [0.2, 0.25) is 0 Å². The number of aliphatic imine (C=N–C) groups is 1. The Kier molecular flexibility index (Phi) is 5.59. The lowest BCUT2D eigenvalue weighted by Crippen LogP contribution is -2.30. The number of ether oxygens (including phenoxy) is 1. The highest BCUT2D eigenvalue weighted by atomic mass is 16.5. The molecule has 2 aromatic carbocycles. The molecule has 0 spiro atoms. The molecule has 0 unspecified atom stereocenters. The number of imide groups is 1. The van der Waals surface area contributed by atoms with E-state index >= 15 is 0 Å². The number of esters is 1. The van der Waals surface area contributed by atoms with E-state index in [1.807, 2.05) is 26.0 Å². The SMILES string of the molecule is COC(=O)C/C(O)=C1\C(=O)N(c2ccc(C)cc2)C(=O)C1=Nc1ccc(C)cc1. The van der Waals surface area contributed by atoms with Gasteiger partial charge in [0.25, 0.3) is 11.8 Å². The van der Waals surface area contributed by atoms with Crippen LogP contribution in [0.25, 0.3) is 0 Å². The molecule has 1 fully saturated rings. The number of rotatable bonds is 4. The summed E-state index contributed by atoms with van der Waals surface area (Å²) in [6, 6.07) is 13.8. The molecule has 1 heterocycles. The standard InChI is InChI=1S/C22H20N2O5/c1-13-4-8-15(9-5-13)23-20-19(17(25)12-18(26)29-3)21(27)24(22(20)28)16-10-6-14(2)7-11-16/h4-11,25H,12H2,1-3H3/b19-17+,23-20?. The van der Waals surface area contributed by atoms with E-state index in [1.165, 1.54) is 7.11 Å². The zero-order valence-electron chi connectivity index (χ0n) is 16.3. The number of anilines is 1. The molecule has 0 atom stereocenters.